The van der Waals surface area contributed by atoms with Crippen LogP contribution >= 0.6 is 0 Å². The van der Waals surface area contributed by atoms with Gasteiger partial charge in [0.05, 0.1) is 0 Å². The topological polar surface area (TPSA) is 178 Å². The first-order chi connectivity index (χ1) is 24.8. The molecule has 2 aromatic rings. The third kappa shape index (κ3) is 15.8. The number of ether oxygens (including phenoxy) is 1. The molecule has 1 fully saturated rings. The highest BCUT2D eigenvalue weighted by Gasteiger charge is 2.39. The molecule has 0 unspecified atom stereocenters. The van der Waals surface area contributed by atoms with Crippen molar-refractivity contribution in [2.45, 2.75) is 69.8 Å². The van der Waals surface area contributed by atoms with Crippen molar-refractivity contribution in [1.29, 1.82) is 0 Å². The number of nitrogens with one attached hydrogen (secondary N) is 3. The Bertz CT molecular complexity index is 1510. The van der Waals surface area contributed by atoms with Crippen molar-refractivity contribution in [1.82, 2.24) is 15.5 Å². The first-order valence-electron chi connectivity index (χ1n) is 16.3. The summed E-state index contributed by atoms with van der Waals surface area (Å²) in [7, 11) is 0. The van der Waals surface area contributed by atoms with E-state index in [1.165, 1.54) is 12.5 Å². The highest BCUT2D eigenvalue weighted by molar-refractivity contribution is 5.97. The van der Waals surface area contributed by atoms with Crippen LogP contribution in [0, 0.1) is 11.6 Å². The molecule has 12 nitrogen and oxygen atoms in total. The molecular weight excluding hydrogens is 732 g/mol. The minimum Gasteiger partial charge on any atom is -0.506 e. The average Bonchev–Trinajstić information content (AvgIpc) is 3.08. The summed E-state index contributed by atoms with van der Waals surface area (Å²) in [6.07, 6.45) is -3.33. The van der Waals surface area contributed by atoms with Gasteiger partial charge >= 0.3 is 24.3 Å². The van der Waals surface area contributed by atoms with E-state index in [2.05, 4.69) is 16.0 Å². The number of benzene rings is 2. The summed E-state index contributed by atoms with van der Waals surface area (Å²) >= 11 is 0. The van der Waals surface area contributed by atoms with Crippen LogP contribution in [0.3, 0.4) is 0 Å². The maximum Gasteiger partial charge on any atom is 0.490 e. The molecule has 53 heavy (non-hydrogen) atoms. The number of hydrogen-bond donors (Lipinski definition) is 6. The minimum absolute atomic E-state index is 0.0213. The van der Waals surface area contributed by atoms with Crippen molar-refractivity contribution in [3.63, 3.8) is 0 Å². The number of carbonyl (C=O) groups excluding carboxylic acids is 2. The molecule has 2 aromatic carbocycles. The average molecular weight is 773 g/mol. The van der Waals surface area contributed by atoms with Crippen LogP contribution in [-0.4, -0.2) is 102 Å². The number of phenols is 1. The predicted molar refractivity (Wildman–Crippen MR) is 172 cm³/mol. The van der Waals surface area contributed by atoms with Crippen LogP contribution in [0.4, 0.5) is 40.8 Å². The molecule has 2 amide bonds. The third-order valence-corrected chi connectivity index (χ3v) is 7.85. The van der Waals surface area contributed by atoms with Crippen LogP contribution in [0.25, 0.3) is 0 Å². The molecule has 4 rings (SSSR count). The molecule has 1 saturated carbocycles. The Morgan fingerprint density at radius 1 is 0.830 bits per heavy atom. The number of carbonyl (C=O) groups is 4. The van der Waals surface area contributed by atoms with Crippen molar-refractivity contribution in [3.8, 4) is 11.5 Å². The van der Waals surface area contributed by atoms with Crippen LogP contribution in [-0.2, 0) is 32.0 Å². The second kappa shape index (κ2) is 21.1. The molecule has 0 saturated heterocycles. The first-order valence-corrected chi connectivity index (χ1v) is 16.3. The van der Waals surface area contributed by atoms with Gasteiger partial charge in [-0.25, -0.2) is 18.4 Å². The van der Waals surface area contributed by atoms with Crippen molar-refractivity contribution in [2.75, 3.05) is 44.6 Å². The Kier molecular flexibility index (Phi) is 17.7. The molecule has 1 heterocycles. The Labute approximate surface area is 298 Å². The number of halogens is 8. The number of hydrogen-bond acceptors (Lipinski definition) is 8. The van der Waals surface area contributed by atoms with E-state index in [0.717, 1.165) is 43.4 Å². The normalized spacial score (nSPS) is 14.3. The van der Waals surface area contributed by atoms with E-state index in [1.54, 1.807) is 12.1 Å². The van der Waals surface area contributed by atoms with E-state index in [0.29, 0.717) is 69.0 Å². The van der Waals surface area contributed by atoms with Gasteiger partial charge in [0.2, 0.25) is 5.91 Å². The molecule has 0 aromatic heterocycles. The van der Waals surface area contributed by atoms with E-state index < -0.39 is 35.9 Å². The SMILES string of the molecule is O=C(O)C(F)(F)F.O=C(O)C(F)(F)F.O=C1COc2c(CCNCCN(C(=O)CCNCCc3cc(F)ccc3F)C3CCCCC3)ccc(O)c2N1. The molecule has 2 aliphatic rings. The number of carboxylic acid groups (broad SMARTS) is 2. The molecule has 1 aliphatic heterocycles. The lowest BCUT2D eigenvalue weighted by molar-refractivity contribution is -0.193. The zero-order valence-corrected chi connectivity index (χ0v) is 28.2. The number of anilines is 1. The molecule has 1 aliphatic carbocycles. The van der Waals surface area contributed by atoms with Crippen molar-refractivity contribution >= 4 is 29.4 Å². The maximum atomic E-state index is 13.8. The lowest BCUT2D eigenvalue weighted by Gasteiger charge is -2.34. The maximum absolute atomic E-state index is 13.8. The second-order valence-corrected chi connectivity index (χ2v) is 11.8. The number of aromatic hydroxyl groups is 1. The molecule has 0 radical (unpaired) electrons. The smallest absolute Gasteiger partial charge is 0.490 e. The van der Waals surface area contributed by atoms with Gasteiger partial charge in [-0.2, -0.15) is 26.3 Å². The fourth-order valence-corrected chi connectivity index (χ4v) is 5.28. The van der Waals surface area contributed by atoms with Gasteiger partial charge in [-0.05, 0) is 74.2 Å². The highest BCUT2D eigenvalue weighted by Crippen LogP contribution is 2.39. The Balaban J connectivity index is 0.000000587. The van der Waals surface area contributed by atoms with Gasteiger partial charge in [-0.15, -0.1) is 0 Å². The monoisotopic (exact) mass is 772 g/mol. The minimum atomic E-state index is -5.08. The van der Waals surface area contributed by atoms with Gasteiger partial charge < -0.3 is 40.9 Å². The summed E-state index contributed by atoms with van der Waals surface area (Å²) < 4.78 is 96.2. The van der Waals surface area contributed by atoms with Gasteiger partial charge in [0.25, 0.3) is 5.91 Å². The Morgan fingerprint density at radius 2 is 1.40 bits per heavy atom. The fraction of sp³-hybridized carbons (Fsp3) is 0.515. The van der Waals surface area contributed by atoms with E-state index in [1.807, 2.05) is 4.90 Å². The van der Waals surface area contributed by atoms with Crippen LogP contribution in [0.15, 0.2) is 30.3 Å². The second-order valence-electron chi connectivity index (χ2n) is 11.8. The lowest BCUT2D eigenvalue weighted by atomic mass is 9.94. The summed E-state index contributed by atoms with van der Waals surface area (Å²) in [6, 6.07) is 7.04. The Morgan fingerprint density at radius 3 is 1.98 bits per heavy atom. The van der Waals surface area contributed by atoms with Crippen LogP contribution < -0.4 is 20.7 Å². The number of carboxylic acids is 2. The molecule has 6 N–H and O–H groups in total. The highest BCUT2D eigenvalue weighted by atomic mass is 19.4. The number of aliphatic carboxylic acids is 2. The number of nitrogens with zero attached hydrogens (tertiary/aromatic N) is 1. The van der Waals surface area contributed by atoms with E-state index >= 15 is 0 Å². The number of phenolic OH excluding ortho intramolecular Hbond substituents is 1. The first kappa shape index (κ1) is 44.4. The number of amides is 2. The fourth-order valence-electron chi connectivity index (χ4n) is 5.28. The molecule has 0 bridgehead atoms. The lowest BCUT2D eigenvalue weighted by Crippen LogP contribution is -2.45. The van der Waals surface area contributed by atoms with E-state index in [9.17, 15) is 49.8 Å². The van der Waals surface area contributed by atoms with Crippen molar-refractivity contribution < 1.29 is 74.4 Å². The Hall–Kier alpha value is -4.72. The van der Waals surface area contributed by atoms with Crippen molar-refractivity contribution in [2.24, 2.45) is 0 Å². The van der Waals surface area contributed by atoms with Gasteiger partial charge in [-0.3, -0.25) is 9.59 Å². The van der Waals surface area contributed by atoms with Gasteiger partial charge in [0.1, 0.15) is 23.1 Å². The summed E-state index contributed by atoms with van der Waals surface area (Å²) in [4.78, 5) is 44.5. The predicted octanol–water partition coefficient (Wildman–Crippen LogP) is 4.78. The summed E-state index contributed by atoms with van der Waals surface area (Å²) in [5.74, 6) is -6.10. The summed E-state index contributed by atoms with van der Waals surface area (Å²) in [5.41, 5.74) is 1.53. The zero-order chi connectivity index (χ0) is 39.8. The standard InChI is InChI=1S/C29H38F2N4O4.2C2HF3O2/c30-22-7-8-24(31)21(18-22)11-14-32-15-12-27(38)35(23-4-2-1-3-5-23)17-16-33-13-10-20-6-9-25(36)28-29(20)39-19-26(37)34-28;2*3-2(4,5)1(6)7/h6-9,18,23,32-33,36H,1-5,10-17,19H2,(H,34,37);2*(H,6,7). The van der Waals surface area contributed by atoms with Crippen molar-refractivity contribution in [3.05, 3.63) is 53.1 Å². The van der Waals surface area contributed by atoms with Gasteiger partial charge in [0.15, 0.2) is 12.4 Å². The van der Waals surface area contributed by atoms with Crippen LogP contribution in [0.2, 0.25) is 0 Å². The molecular formula is C33H40F8N4O8. The zero-order valence-electron chi connectivity index (χ0n) is 28.2. The van der Waals surface area contributed by atoms with Gasteiger partial charge in [-0.1, -0.05) is 25.3 Å². The quantitative estimate of drug-likeness (QED) is 0.0944. The molecule has 20 heteroatoms. The molecule has 296 valence electrons. The molecule has 0 atom stereocenters. The third-order valence-electron chi connectivity index (χ3n) is 7.85. The van der Waals surface area contributed by atoms with Gasteiger partial charge in [0, 0.05) is 32.1 Å². The largest absolute Gasteiger partial charge is 0.506 e. The van der Waals surface area contributed by atoms with Crippen LogP contribution in [0.5, 0.6) is 11.5 Å². The number of rotatable bonds is 13. The summed E-state index contributed by atoms with van der Waals surface area (Å²) in [5, 5.41) is 33.5. The van der Waals surface area contributed by atoms with Crippen LogP contribution in [0.1, 0.15) is 49.7 Å². The van der Waals surface area contributed by atoms with E-state index in [-0.39, 0.29) is 30.2 Å². The number of fused-ring (bicyclic) bond motifs is 1. The molecule has 0 spiro atoms. The summed E-state index contributed by atoms with van der Waals surface area (Å²) in [6.45, 7) is 2.78. The van der Waals surface area contributed by atoms with E-state index in [4.69, 9.17) is 24.5 Å². The number of alkyl halides is 6.